The molecule has 0 saturated heterocycles. The van der Waals surface area contributed by atoms with Crippen LogP contribution in [0.4, 0.5) is 4.39 Å². The summed E-state index contributed by atoms with van der Waals surface area (Å²) in [6.07, 6.45) is 1.95. The molecule has 4 heteroatoms. The molecular weight excluding hydrogens is 185 g/mol. The van der Waals surface area contributed by atoms with Crippen LogP contribution in [0.1, 0.15) is 25.5 Å². The molecule has 0 fully saturated rings. The zero-order valence-electron chi connectivity index (χ0n) is 8.53. The highest BCUT2D eigenvalue weighted by Crippen LogP contribution is 2.30. The Bertz CT molecular complexity index is 309. The zero-order chi connectivity index (χ0) is 10.8. The third kappa shape index (κ3) is 2.42. The van der Waals surface area contributed by atoms with Crippen LogP contribution in [-0.2, 0) is 4.74 Å². The first kappa shape index (κ1) is 10.9. The fourth-order valence-electron chi connectivity index (χ4n) is 1.44. The van der Waals surface area contributed by atoms with Crippen LogP contribution in [0.25, 0.3) is 0 Å². The first-order valence-corrected chi connectivity index (χ1v) is 4.35. The highest BCUT2D eigenvalue weighted by Gasteiger charge is 2.31. The number of rotatable bonds is 3. The Kier molecular flexibility index (Phi) is 3.06. The molecule has 1 rings (SSSR count). The number of aromatic nitrogens is 1. The summed E-state index contributed by atoms with van der Waals surface area (Å²) in [6, 6.07) is 3.24. The molecule has 1 unspecified atom stereocenters. The van der Waals surface area contributed by atoms with E-state index >= 15 is 0 Å². The van der Waals surface area contributed by atoms with Crippen molar-refractivity contribution in [3.63, 3.8) is 0 Å². The van der Waals surface area contributed by atoms with E-state index in [-0.39, 0.29) is 0 Å². The van der Waals surface area contributed by atoms with Crippen LogP contribution < -0.4 is 4.73 Å². The highest BCUT2D eigenvalue weighted by molar-refractivity contribution is 5.13. The third-order valence-electron chi connectivity index (χ3n) is 1.96. The summed E-state index contributed by atoms with van der Waals surface area (Å²) in [7, 11) is 1.42. The van der Waals surface area contributed by atoms with Crippen LogP contribution in [0.2, 0.25) is 0 Å². The fraction of sp³-hybridized carbons (Fsp3) is 0.500. The van der Waals surface area contributed by atoms with Gasteiger partial charge in [-0.1, -0.05) is 0 Å². The number of nitrogens with zero attached hydrogens (tertiary/aromatic N) is 1. The molecule has 0 aromatic carbocycles. The van der Waals surface area contributed by atoms with Crippen LogP contribution in [0, 0.1) is 5.21 Å². The molecule has 0 aliphatic rings. The maximum absolute atomic E-state index is 13.6. The summed E-state index contributed by atoms with van der Waals surface area (Å²) in [5, 5.41) is 11.0. The van der Waals surface area contributed by atoms with Gasteiger partial charge < -0.3 is 9.94 Å². The molecule has 1 aromatic heterocycles. The zero-order valence-corrected chi connectivity index (χ0v) is 8.53. The van der Waals surface area contributed by atoms with E-state index in [2.05, 4.69) is 0 Å². The van der Waals surface area contributed by atoms with E-state index in [1.807, 2.05) is 0 Å². The Morgan fingerprint density at radius 1 is 1.57 bits per heavy atom. The fourth-order valence-corrected chi connectivity index (χ4v) is 1.44. The van der Waals surface area contributed by atoms with E-state index in [9.17, 15) is 9.60 Å². The molecule has 3 nitrogen and oxygen atoms in total. The molecule has 1 aromatic rings. The van der Waals surface area contributed by atoms with Crippen LogP contribution in [0.3, 0.4) is 0 Å². The van der Waals surface area contributed by atoms with Gasteiger partial charge in [-0.3, -0.25) is 0 Å². The van der Waals surface area contributed by atoms with E-state index in [0.717, 1.165) is 0 Å². The summed E-state index contributed by atoms with van der Waals surface area (Å²) in [4.78, 5) is 0. The van der Waals surface area contributed by atoms with Crippen LogP contribution in [0.5, 0.6) is 0 Å². The summed E-state index contributed by atoms with van der Waals surface area (Å²) in [5.41, 5.74) is -0.971. The first-order chi connectivity index (χ1) is 6.45. The molecule has 14 heavy (non-hydrogen) atoms. The summed E-state index contributed by atoms with van der Waals surface area (Å²) in [5.74, 6) is 0. The molecule has 0 aliphatic heterocycles. The SMILES string of the molecule is COC(c1ccc[n+]([O-])c1)C(C)(C)F. The predicted molar refractivity (Wildman–Crippen MR) is 50.3 cm³/mol. The number of ether oxygens (including phenoxy) is 1. The molecule has 78 valence electrons. The maximum atomic E-state index is 13.6. The largest absolute Gasteiger partial charge is 0.619 e. The molecule has 0 amide bonds. The highest BCUT2D eigenvalue weighted by atomic mass is 19.1. The van der Waals surface area contributed by atoms with Gasteiger partial charge in [0.25, 0.3) is 0 Å². The van der Waals surface area contributed by atoms with Crippen LogP contribution in [-0.4, -0.2) is 12.8 Å². The Labute approximate surface area is 82.7 Å². The molecular formula is C10H14FNO2. The average Bonchev–Trinajstić information content (AvgIpc) is 2.02. The lowest BCUT2D eigenvalue weighted by Gasteiger charge is -2.24. The Hall–Kier alpha value is -1.16. The van der Waals surface area contributed by atoms with Crippen molar-refractivity contribution in [2.75, 3.05) is 7.11 Å². The van der Waals surface area contributed by atoms with E-state index in [0.29, 0.717) is 10.3 Å². The molecule has 0 N–H and O–H groups in total. The molecule has 0 bridgehead atoms. The van der Waals surface area contributed by atoms with Gasteiger partial charge in [-0.05, 0) is 19.9 Å². The number of halogens is 1. The van der Waals surface area contributed by atoms with Gasteiger partial charge in [-0.25, -0.2) is 4.39 Å². The van der Waals surface area contributed by atoms with Crippen LogP contribution in [0.15, 0.2) is 24.5 Å². The van der Waals surface area contributed by atoms with Gasteiger partial charge in [0.1, 0.15) is 11.8 Å². The van der Waals surface area contributed by atoms with Gasteiger partial charge in [0.15, 0.2) is 12.4 Å². The van der Waals surface area contributed by atoms with Crippen molar-refractivity contribution in [2.45, 2.75) is 25.6 Å². The van der Waals surface area contributed by atoms with Gasteiger partial charge in [0.2, 0.25) is 0 Å². The molecule has 0 aliphatic carbocycles. The van der Waals surface area contributed by atoms with Crippen molar-refractivity contribution in [3.05, 3.63) is 35.3 Å². The lowest BCUT2D eigenvalue weighted by atomic mass is 9.98. The first-order valence-electron chi connectivity index (χ1n) is 4.35. The second-order valence-corrected chi connectivity index (χ2v) is 3.68. The van der Waals surface area contributed by atoms with Crippen molar-refractivity contribution < 1.29 is 13.9 Å². The Morgan fingerprint density at radius 2 is 2.21 bits per heavy atom. The minimum Gasteiger partial charge on any atom is -0.619 e. The van der Waals surface area contributed by atoms with Gasteiger partial charge >= 0.3 is 0 Å². The third-order valence-corrected chi connectivity index (χ3v) is 1.96. The average molecular weight is 199 g/mol. The van der Waals surface area contributed by atoms with Crippen molar-refractivity contribution in [2.24, 2.45) is 0 Å². The Morgan fingerprint density at radius 3 is 2.64 bits per heavy atom. The maximum Gasteiger partial charge on any atom is 0.186 e. The standard InChI is InChI=1S/C10H14FNO2/c1-10(2,11)9(14-3)8-5-4-6-12(13)7-8/h4-7,9H,1-3H3. The molecule has 0 saturated carbocycles. The number of hydrogen-bond donors (Lipinski definition) is 0. The number of methoxy groups -OCH3 is 1. The monoisotopic (exact) mass is 199 g/mol. The minimum absolute atomic E-state index is 0.539. The van der Waals surface area contributed by atoms with Gasteiger partial charge in [-0.15, -0.1) is 0 Å². The predicted octanol–water partition coefficient (Wildman–Crippen LogP) is 1.76. The topological polar surface area (TPSA) is 36.2 Å². The second-order valence-electron chi connectivity index (χ2n) is 3.68. The number of alkyl halides is 1. The van der Waals surface area contributed by atoms with Gasteiger partial charge in [-0.2, -0.15) is 4.73 Å². The Balaban J connectivity index is 3.01. The smallest absolute Gasteiger partial charge is 0.186 e. The van der Waals surface area contributed by atoms with Gasteiger partial charge in [0.05, 0.1) is 0 Å². The van der Waals surface area contributed by atoms with E-state index in [4.69, 9.17) is 4.74 Å². The van der Waals surface area contributed by atoms with Crippen LogP contribution >= 0.6 is 0 Å². The van der Waals surface area contributed by atoms with E-state index < -0.39 is 11.8 Å². The van der Waals surface area contributed by atoms with E-state index in [1.54, 1.807) is 12.1 Å². The molecule has 0 radical (unpaired) electrons. The van der Waals surface area contributed by atoms with Gasteiger partial charge in [0, 0.05) is 18.7 Å². The summed E-state index contributed by atoms with van der Waals surface area (Å²) in [6.45, 7) is 2.84. The normalized spacial score (nSPS) is 14.0. The number of hydrogen-bond acceptors (Lipinski definition) is 2. The van der Waals surface area contributed by atoms with Crippen molar-refractivity contribution >= 4 is 0 Å². The number of pyridine rings is 1. The lowest BCUT2D eigenvalue weighted by Crippen LogP contribution is -2.30. The quantitative estimate of drug-likeness (QED) is 0.549. The van der Waals surface area contributed by atoms with E-state index in [1.165, 1.54) is 33.4 Å². The molecule has 0 spiro atoms. The van der Waals surface area contributed by atoms with Crippen molar-refractivity contribution in [1.29, 1.82) is 0 Å². The summed E-state index contributed by atoms with van der Waals surface area (Å²) >= 11 is 0. The summed E-state index contributed by atoms with van der Waals surface area (Å²) < 4.78 is 19.3. The van der Waals surface area contributed by atoms with Crippen molar-refractivity contribution in [3.8, 4) is 0 Å². The lowest BCUT2D eigenvalue weighted by molar-refractivity contribution is -0.606. The van der Waals surface area contributed by atoms with Crippen molar-refractivity contribution in [1.82, 2.24) is 0 Å². The molecule has 1 heterocycles. The second kappa shape index (κ2) is 3.92. The minimum atomic E-state index is -1.51. The molecule has 1 atom stereocenters.